The van der Waals surface area contributed by atoms with Crippen LogP contribution in [0.5, 0.6) is 5.75 Å². The van der Waals surface area contributed by atoms with Gasteiger partial charge in [-0.1, -0.05) is 49.4 Å². The van der Waals surface area contributed by atoms with Crippen LogP contribution in [0.15, 0.2) is 54.6 Å². The summed E-state index contributed by atoms with van der Waals surface area (Å²) in [5, 5.41) is 12.3. The van der Waals surface area contributed by atoms with Gasteiger partial charge in [0, 0.05) is 0 Å². The van der Waals surface area contributed by atoms with Gasteiger partial charge in [0.25, 0.3) is 0 Å². The van der Waals surface area contributed by atoms with Crippen molar-refractivity contribution in [3.05, 3.63) is 65.7 Å². The van der Waals surface area contributed by atoms with Crippen LogP contribution in [0.2, 0.25) is 0 Å². The molecular formula is C18H21NO3. The molecule has 0 heterocycles. The molecule has 0 fully saturated rings. The number of carbonyl (C=O) groups is 1. The van der Waals surface area contributed by atoms with Gasteiger partial charge in [0.2, 0.25) is 0 Å². The molecular weight excluding hydrogens is 278 g/mol. The van der Waals surface area contributed by atoms with Gasteiger partial charge in [0.05, 0.1) is 5.54 Å². The molecule has 0 aliphatic heterocycles. The number of benzene rings is 2. The Hall–Kier alpha value is -2.49. The van der Waals surface area contributed by atoms with Gasteiger partial charge in [-0.05, 0) is 36.6 Å². The average molecular weight is 299 g/mol. The highest BCUT2D eigenvalue weighted by Gasteiger charge is 2.27. The fraction of sp³-hybridized carbons (Fsp3) is 0.278. The summed E-state index contributed by atoms with van der Waals surface area (Å²) in [5.74, 6) is 0.203. The van der Waals surface area contributed by atoms with Crippen molar-refractivity contribution in [2.45, 2.75) is 32.4 Å². The van der Waals surface area contributed by atoms with Crippen LogP contribution >= 0.6 is 0 Å². The first-order chi connectivity index (χ1) is 10.5. The van der Waals surface area contributed by atoms with Gasteiger partial charge in [-0.15, -0.1) is 0 Å². The molecule has 1 atom stereocenters. The van der Waals surface area contributed by atoms with Gasteiger partial charge in [-0.25, -0.2) is 4.79 Å². The molecule has 0 spiro atoms. The van der Waals surface area contributed by atoms with Gasteiger partial charge in [-0.2, -0.15) is 0 Å². The average Bonchev–Trinajstić information content (AvgIpc) is 2.54. The minimum atomic E-state index is -0.540. The second kappa shape index (κ2) is 6.98. The van der Waals surface area contributed by atoms with Crippen LogP contribution in [0.1, 0.15) is 31.4 Å². The summed E-state index contributed by atoms with van der Waals surface area (Å²) >= 11 is 0. The number of hydrogen-bond acceptors (Lipinski definition) is 3. The Balaban J connectivity index is 1.99. The Bertz CT molecular complexity index is 610. The molecule has 22 heavy (non-hydrogen) atoms. The Morgan fingerprint density at radius 3 is 2.36 bits per heavy atom. The van der Waals surface area contributed by atoms with Crippen molar-refractivity contribution >= 4 is 6.09 Å². The molecule has 2 rings (SSSR count). The molecule has 116 valence electrons. The van der Waals surface area contributed by atoms with Crippen molar-refractivity contribution in [3.63, 3.8) is 0 Å². The second-order valence-corrected chi connectivity index (χ2v) is 5.42. The highest BCUT2D eigenvalue weighted by molar-refractivity contribution is 5.68. The Kier molecular flexibility index (Phi) is 5.04. The van der Waals surface area contributed by atoms with E-state index in [1.807, 2.05) is 44.2 Å². The number of phenols is 1. The third-order valence-corrected chi connectivity index (χ3v) is 3.80. The Morgan fingerprint density at radius 1 is 1.14 bits per heavy atom. The van der Waals surface area contributed by atoms with E-state index in [0.717, 1.165) is 11.1 Å². The molecule has 0 aromatic heterocycles. The third-order valence-electron chi connectivity index (χ3n) is 3.80. The van der Waals surface area contributed by atoms with Crippen molar-refractivity contribution in [1.29, 1.82) is 0 Å². The maximum atomic E-state index is 12.0. The first-order valence-electron chi connectivity index (χ1n) is 7.32. The number of phenolic OH excluding ortho intramolecular Hbond substituents is 1. The van der Waals surface area contributed by atoms with E-state index < -0.39 is 11.6 Å². The summed E-state index contributed by atoms with van der Waals surface area (Å²) in [6.45, 7) is 4.16. The largest absolute Gasteiger partial charge is 0.508 e. The molecule has 1 amide bonds. The molecule has 2 aromatic carbocycles. The van der Waals surface area contributed by atoms with Crippen LogP contribution in [0, 0.1) is 0 Å². The number of nitrogens with one attached hydrogen (secondary N) is 1. The molecule has 2 N–H and O–H groups in total. The SMILES string of the molecule is CC[C@@](C)(NC(=O)OCc1ccccc1)c1ccc(O)cc1. The van der Waals surface area contributed by atoms with Crippen LogP contribution in [0.4, 0.5) is 4.79 Å². The zero-order valence-corrected chi connectivity index (χ0v) is 12.9. The zero-order valence-electron chi connectivity index (χ0n) is 12.9. The Labute approximate surface area is 130 Å². The molecule has 2 aromatic rings. The lowest BCUT2D eigenvalue weighted by atomic mass is 9.89. The smallest absolute Gasteiger partial charge is 0.408 e. The maximum absolute atomic E-state index is 12.0. The molecule has 4 nitrogen and oxygen atoms in total. The number of amides is 1. The fourth-order valence-corrected chi connectivity index (χ4v) is 2.18. The number of aromatic hydroxyl groups is 1. The molecule has 0 saturated heterocycles. The predicted octanol–water partition coefficient (Wildman–Crippen LogP) is 3.94. The summed E-state index contributed by atoms with van der Waals surface area (Å²) < 4.78 is 5.27. The van der Waals surface area contributed by atoms with E-state index in [0.29, 0.717) is 6.42 Å². The topological polar surface area (TPSA) is 58.6 Å². The zero-order chi connectivity index (χ0) is 16.0. The van der Waals surface area contributed by atoms with E-state index in [1.165, 1.54) is 0 Å². The van der Waals surface area contributed by atoms with Crippen molar-refractivity contribution in [2.24, 2.45) is 0 Å². The van der Waals surface area contributed by atoms with Crippen LogP contribution in [-0.2, 0) is 16.9 Å². The molecule has 0 unspecified atom stereocenters. The van der Waals surface area contributed by atoms with E-state index in [2.05, 4.69) is 5.32 Å². The summed E-state index contributed by atoms with van der Waals surface area (Å²) in [5.41, 5.74) is 1.33. The number of ether oxygens (including phenoxy) is 1. The number of carbonyl (C=O) groups excluding carboxylic acids is 1. The van der Waals surface area contributed by atoms with Crippen LogP contribution in [0.3, 0.4) is 0 Å². The van der Waals surface area contributed by atoms with Gasteiger partial charge < -0.3 is 15.2 Å². The van der Waals surface area contributed by atoms with Gasteiger partial charge in [0.1, 0.15) is 12.4 Å². The quantitative estimate of drug-likeness (QED) is 0.879. The van der Waals surface area contributed by atoms with E-state index >= 15 is 0 Å². The minimum absolute atomic E-state index is 0.203. The predicted molar refractivity (Wildman–Crippen MR) is 85.5 cm³/mol. The van der Waals surface area contributed by atoms with Crippen molar-refractivity contribution in [2.75, 3.05) is 0 Å². The molecule has 4 heteroatoms. The molecule has 0 aliphatic rings. The van der Waals surface area contributed by atoms with Gasteiger partial charge in [0.15, 0.2) is 0 Å². The Morgan fingerprint density at radius 2 is 1.77 bits per heavy atom. The van der Waals surface area contributed by atoms with E-state index in [-0.39, 0.29) is 12.4 Å². The third kappa shape index (κ3) is 4.01. The lowest BCUT2D eigenvalue weighted by Crippen LogP contribution is -2.43. The van der Waals surface area contributed by atoms with Crippen LogP contribution in [0.25, 0.3) is 0 Å². The standard InChI is InChI=1S/C18H21NO3/c1-3-18(2,15-9-11-16(20)12-10-15)19-17(21)22-13-14-7-5-4-6-8-14/h4-12,20H,3,13H2,1-2H3,(H,19,21)/t18-/m1/s1. The van der Waals surface area contributed by atoms with Crippen LogP contribution in [-0.4, -0.2) is 11.2 Å². The summed E-state index contributed by atoms with van der Waals surface area (Å²) in [6, 6.07) is 16.4. The van der Waals surface area contributed by atoms with Crippen molar-refractivity contribution in [3.8, 4) is 5.75 Å². The van der Waals surface area contributed by atoms with Crippen molar-refractivity contribution in [1.82, 2.24) is 5.32 Å². The van der Waals surface area contributed by atoms with Gasteiger partial charge in [-0.3, -0.25) is 0 Å². The summed E-state index contributed by atoms with van der Waals surface area (Å²) in [7, 11) is 0. The van der Waals surface area contributed by atoms with E-state index in [9.17, 15) is 9.90 Å². The molecule has 0 radical (unpaired) electrons. The number of hydrogen-bond donors (Lipinski definition) is 2. The van der Waals surface area contributed by atoms with E-state index in [4.69, 9.17) is 4.74 Å². The number of rotatable bonds is 5. The summed E-state index contributed by atoms with van der Waals surface area (Å²) in [6.07, 6.45) is 0.249. The minimum Gasteiger partial charge on any atom is -0.508 e. The second-order valence-electron chi connectivity index (χ2n) is 5.42. The van der Waals surface area contributed by atoms with E-state index in [1.54, 1.807) is 24.3 Å². The summed E-state index contributed by atoms with van der Waals surface area (Å²) in [4.78, 5) is 12.0. The monoisotopic (exact) mass is 299 g/mol. The van der Waals surface area contributed by atoms with Gasteiger partial charge >= 0.3 is 6.09 Å². The number of alkyl carbamates (subject to hydrolysis) is 1. The highest BCUT2D eigenvalue weighted by atomic mass is 16.5. The molecule has 0 aliphatic carbocycles. The molecule has 0 saturated carbocycles. The maximum Gasteiger partial charge on any atom is 0.408 e. The first kappa shape index (κ1) is 15.9. The lowest BCUT2D eigenvalue weighted by Gasteiger charge is -2.29. The highest BCUT2D eigenvalue weighted by Crippen LogP contribution is 2.26. The molecule has 0 bridgehead atoms. The first-order valence-corrected chi connectivity index (χ1v) is 7.32. The van der Waals surface area contributed by atoms with Crippen molar-refractivity contribution < 1.29 is 14.6 Å². The van der Waals surface area contributed by atoms with Crippen LogP contribution < -0.4 is 5.32 Å². The lowest BCUT2D eigenvalue weighted by molar-refractivity contribution is 0.127. The fourth-order valence-electron chi connectivity index (χ4n) is 2.18. The normalized spacial score (nSPS) is 13.2.